The Balaban J connectivity index is 2.09. The molecule has 0 saturated heterocycles. The second-order valence-corrected chi connectivity index (χ2v) is 3.10. The lowest BCUT2D eigenvalue weighted by Crippen LogP contribution is -1.69. The molecule has 0 nitrogen and oxygen atoms in total. The minimum atomic E-state index is 0.877. The Morgan fingerprint density at radius 2 is 2.33 bits per heavy atom. The first-order valence-electron chi connectivity index (χ1n) is 2.48. The number of halogens is 1. The average molecular weight is 149 g/mol. The van der Waals surface area contributed by atoms with E-state index in [1.807, 2.05) is 0 Å². The van der Waals surface area contributed by atoms with Gasteiger partial charge in [-0.2, -0.15) is 0 Å². The van der Waals surface area contributed by atoms with Crippen LogP contribution in [0.5, 0.6) is 0 Å². The minimum Gasteiger partial charge on any atom is -0.0888 e. The summed E-state index contributed by atoms with van der Waals surface area (Å²) in [4.78, 5) is 0.877. The molecule has 0 aliphatic heterocycles. The first kappa shape index (κ1) is 4.63. The summed E-state index contributed by atoms with van der Waals surface area (Å²) in [6.45, 7) is 2.24. The van der Waals surface area contributed by atoms with Crippen LogP contribution in [0.2, 0.25) is 0 Å². The molecule has 0 aromatic carbocycles. The Kier molecular flexibility index (Phi) is 1.18. The summed E-state index contributed by atoms with van der Waals surface area (Å²) < 4.78 is 0. The van der Waals surface area contributed by atoms with Crippen molar-refractivity contribution in [1.82, 2.24) is 0 Å². The third-order valence-corrected chi connectivity index (χ3v) is 2.48. The number of hydrogen-bond acceptors (Lipinski definition) is 0. The minimum absolute atomic E-state index is 0.877. The predicted octanol–water partition coefficient (Wildman–Crippen LogP) is 2.18. The molecule has 0 aromatic heterocycles. The van der Waals surface area contributed by atoms with Gasteiger partial charge in [0.2, 0.25) is 0 Å². The number of alkyl halides is 1. The van der Waals surface area contributed by atoms with Crippen LogP contribution in [0.3, 0.4) is 0 Å². The highest BCUT2D eigenvalue weighted by Crippen LogP contribution is 2.39. The zero-order valence-electron chi connectivity index (χ0n) is 3.95. The highest BCUT2D eigenvalue weighted by Gasteiger charge is 2.31. The van der Waals surface area contributed by atoms with Gasteiger partial charge in [-0.15, -0.1) is 0 Å². The lowest BCUT2D eigenvalue weighted by molar-refractivity contribution is 0.805. The molecule has 36 valence electrons. The fraction of sp³-hybridized carbons (Fsp3) is 1.00. The van der Waals surface area contributed by atoms with Gasteiger partial charge in [-0.25, -0.2) is 0 Å². The molecule has 0 bridgehead atoms. The van der Waals surface area contributed by atoms with E-state index in [1.54, 1.807) is 0 Å². The fourth-order valence-electron chi connectivity index (χ4n) is 0.633. The molecule has 6 heavy (non-hydrogen) atoms. The van der Waals surface area contributed by atoms with Crippen molar-refractivity contribution < 1.29 is 0 Å². The maximum absolute atomic E-state index is 3.51. The van der Waals surface area contributed by atoms with Crippen molar-refractivity contribution >= 4 is 15.9 Å². The smallest absolute Gasteiger partial charge is 0.0177 e. The molecule has 0 aromatic rings. The Morgan fingerprint density at radius 3 is 2.33 bits per heavy atom. The third-order valence-electron chi connectivity index (χ3n) is 1.36. The van der Waals surface area contributed by atoms with Crippen molar-refractivity contribution in [1.29, 1.82) is 0 Å². The summed E-state index contributed by atoms with van der Waals surface area (Å²) >= 11 is 3.51. The maximum atomic E-state index is 3.51. The number of rotatable bonds is 1. The molecule has 0 amide bonds. The monoisotopic (exact) mass is 148 g/mol. The van der Waals surface area contributed by atoms with E-state index in [2.05, 4.69) is 22.9 Å². The van der Waals surface area contributed by atoms with Gasteiger partial charge in [-0.3, -0.25) is 0 Å². The second-order valence-electron chi connectivity index (χ2n) is 1.92. The molecule has 1 fully saturated rings. The Morgan fingerprint density at radius 1 is 1.83 bits per heavy atom. The van der Waals surface area contributed by atoms with Gasteiger partial charge in [0.25, 0.3) is 0 Å². The van der Waals surface area contributed by atoms with Crippen molar-refractivity contribution in [3.8, 4) is 0 Å². The molecular formula is C5H9Br. The first-order valence-corrected chi connectivity index (χ1v) is 3.40. The van der Waals surface area contributed by atoms with Gasteiger partial charge < -0.3 is 0 Å². The summed E-state index contributed by atoms with van der Waals surface area (Å²) in [7, 11) is 0. The topological polar surface area (TPSA) is 0 Å². The van der Waals surface area contributed by atoms with Crippen molar-refractivity contribution in [3.05, 3.63) is 0 Å². The third kappa shape index (κ3) is 0.754. The van der Waals surface area contributed by atoms with Crippen molar-refractivity contribution in [2.24, 2.45) is 5.92 Å². The molecule has 0 N–H and O–H groups in total. The molecule has 0 spiro atoms. The Bertz CT molecular complexity index is 49.9. The number of hydrogen-bond donors (Lipinski definition) is 0. The summed E-state index contributed by atoms with van der Waals surface area (Å²) in [5.41, 5.74) is 0. The maximum Gasteiger partial charge on any atom is 0.0177 e. The van der Waals surface area contributed by atoms with E-state index >= 15 is 0 Å². The van der Waals surface area contributed by atoms with Crippen LogP contribution in [-0.2, 0) is 0 Å². The van der Waals surface area contributed by atoms with Crippen LogP contribution in [0.15, 0.2) is 0 Å². The zero-order valence-corrected chi connectivity index (χ0v) is 5.53. The predicted molar refractivity (Wildman–Crippen MR) is 31.1 cm³/mol. The molecule has 0 radical (unpaired) electrons. The van der Waals surface area contributed by atoms with Gasteiger partial charge in [-0.1, -0.05) is 29.3 Å². The lowest BCUT2D eigenvalue weighted by Gasteiger charge is -1.77. The van der Waals surface area contributed by atoms with E-state index in [0.717, 1.165) is 10.7 Å². The molecule has 1 heteroatoms. The molecular weight excluding hydrogens is 140 g/mol. The summed E-state index contributed by atoms with van der Waals surface area (Å²) in [6.07, 6.45) is 2.77. The van der Waals surface area contributed by atoms with Crippen LogP contribution in [0.1, 0.15) is 19.8 Å². The van der Waals surface area contributed by atoms with Gasteiger partial charge in [0.05, 0.1) is 0 Å². The van der Waals surface area contributed by atoms with E-state index in [1.165, 1.54) is 12.8 Å². The standard InChI is InChI=1S/C5H9Br/c1-2-4-3-5(4)6/h4-5H,2-3H2,1H3. The molecule has 2 unspecified atom stereocenters. The van der Waals surface area contributed by atoms with E-state index < -0.39 is 0 Å². The highest BCUT2D eigenvalue weighted by molar-refractivity contribution is 9.09. The van der Waals surface area contributed by atoms with Crippen LogP contribution in [0.25, 0.3) is 0 Å². The SMILES string of the molecule is CCC1CC1Br. The van der Waals surface area contributed by atoms with Crippen molar-refractivity contribution in [2.45, 2.75) is 24.6 Å². The molecule has 1 aliphatic carbocycles. The second kappa shape index (κ2) is 1.53. The summed E-state index contributed by atoms with van der Waals surface area (Å²) in [6, 6.07) is 0. The Hall–Kier alpha value is 0.480. The normalized spacial score (nSPS) is 43.0. The van der Waals surface area contributed by atoms with E-state index in [4.69, 9.17) is 0 Å². The van der Waals surface area contributed by atoms with E-state index in [9.17, 15) is 0 Å². The van der Waals surface area contributed by atoms with Crippen molar-refractivity contribution in [3.63, 3.8) is 0 Å². The van der Waals surface area contributed by atoms with Gasteiger partial charge in [0.15, 0.2) is 0 Å². The largest absolute Gasteiger partial charge is 0.0888 e. The lowest BCUT2D eigenvalue weighted by atomic mass is 10.3. The van der Waals surface area contributed by atoms with Crippen LogP contribution in [-0.4, -0.2) is 4.83 Å². The van der Waals surface area contributed by atoms with Gasteiger partial charge in [0, 0.05) is 4.83 Å². The van der Waals surface area contributed by atoms with Crippen LogP contribution in [0, 0.1) is 5.92 Å². The summed E-state index contributed by atoms with van der Waals surface area (Å²) in [5.74, 6) is 1.02. The molecule has 2 atom stereocenters. The molecule has 1 saturated carbocycles. The molecule has 1 rings (SSSR count). The van der Waals surface area contributed by atoms with Crippen LogP contribution in [0.4, 0.5) is 0 Å². The van der Waals surface area contributed by atoms with E-state index in [-0.39, 0.29) is 0 Å². The van der Waals surface area contributed by atoms with Crippen molar-refractivity contribution in [2.75, 3.05) is 0 Å². The summed E-state index contributed by atoms with van der Waals surface area (Å²) in [5, 5.41) is 0. The Labute approximate surface area is 47.1 Å². The molecule has 1 aliphatic rings. The molecule has 0 heterocycles. The van der Waals surface area contributed by atoms with E-state index in [0.29, 0.717) is 0 Å². The fourth-order valence-corrected chi connectivity index (χ4v) is 1.49. The average Bonchev–Trinajstić information content (AvgIpc) is 2.19. The quantitative estimate of drug-likeness (QED) is 0.501. The first-order chi connectivity index (χ1) is 2.84. The van der Waals surface area contributed by atoms with Crippen LogP contribution < -0.4 is 0 Å². The van der Waals surface area contributed by atoms with Gasteiger partial charge in [-0.05, 0) is 12.3 Å². The van der Waals surface area contributed by atoms with Crippen LogP contribution >= 0.6 is 15.9 Å². The highest BCUT2D eigenvalue weighted by atomic mass is 79.9. The van der Waals surface area contributed by atoms with Gasteiger partial charge in [0.1, 0.15) is 0 Å². The zero-order chi connectivity index (χ0) is 4.57. The van der Waals surface area contributed by atoms with Gasteiger partial charge >= 0.3 is 0 Å².